The van der Waals surface area contributed by atoms with Crippen molar-refractivity contribution in [3.05, 3.63) is 240 Å². The molecule has 6 aliphatic carbocycles. The van der Waals surface area contributed by atoms with Crippen LogP contribution in [0.25, 0.3) is 110 Å². The number of hydrogen-bond donors (Lipinski definition) is 0. The van der Waals surface area contributed by atoms with Crippen molar-refractivity contribution in [3.63, 3.8) is 0 Å². The Morgan fingerprint density at radius 1 is 0.328 bits per heavy atom. The molecular weight excluding hydrogens is 769 g/mol. The van der Waals surface area contributed by atoms with Crippen molar-refractivity contribution in [2.75, 3.05) is 0 Å². The molecule has 9 aromatic rings. The monoisotopic (exact) mass is 808 g/mol. The largest absolute Gasteiger partial charge is 0.0836 e. The SMILES string of the molecule is C1=CC2=C(CC1)c1cc3c(-c4ccccc4)c4c(c(-c5ccccc5)c3c3cccc2c13)C1=CC=C2c3ccc(-c5cccc(-c6ccccc6)c5)c5cccc(c35)C3=CC=C4C1C32. The molecule has 0 heterocycles. The lowest BCUT2D eigenvalue weighted by Crippen LogP contribution is -2.25. The molecule has 2 unspecified atom stereocenters. The Bertz CT molecular complexity index is 3790. The van der Waals surface area contributed by atoms with Gasteiger partial charge in [0.15, 0.2) is 0 Å². The highest BCUT2D eigenvalue weighted by molar-refractivity contribution is 6.31. The van der Waals surface area contributed by atoms with Gasteiger partial charge in [0.05, 0.1) is 0 Å². The molecule has 0 saturated heterocycles. The third-order valence-corrected chi connectivity index (χ3v) is 15.4. The fourth-order valence-electron chi connectivity index (χ4n) is 13.0. The van der Waals surface area contributed by atoms with Gasteiger partial charge in [0, 0.05) is 11.8 Å². The molecule has 2 atom stereocenters. The molecule has 0 saturated carbocycles. The van der Waals surface area contributed by atoms with E-state index in [1.165, 1.54) is 144 Å². The van der Waals surface area contributed by atoms with Crippen LogP contribution in [-0.4, -0.2) is 0 Å². The third kappa shape index (κ3) is 4.52. The fourth-order valence-corrected chi connectivity index (χ4v) is 13.0. The molecule has 0 aromatic heterocycles. The number of benzene rings is 9. The van der Waals surface area contributed by atoms with Gasteiger partial charge in [-0.25, -0.2) is 0 Å². The molecule has 0 heteroatoms. The van der Waals surface area contributed by atoms with Crippen LogP contribution in [0.3, 0.4) is 0 Å². The lowest BCUT2D eigenvalue weighted by molar-refractivity contribution is 0.742. The van der Waals surface area contributed by atoms with Gasteiger partial charge < -0.3 is 0 Å². The Morgan fingerprint density at radius 3 is 1.62 bits per heavy atom. The minimum absolute atomic E-state index is 0.203. The molecule has 0 amide bonds. The summed E-state index contributed by atoms with van der Waals surface area (Å²) in [7, 11) is 0. The maximum atomic E-state index is 2.60. The molecule has 0 fully saturated rings. The summed E-state index contributed by atoms with van der Waals surface area (Å²) in [5.74, 6) is 0.419. The smallest absolute Gasteiger partial charge is 0.0212 e. The summed E-state index contributed by atoms with van der Waals surface area (Å²) in [6, 6.07) is 64.0. The van der Waals surface area contributed by atoms with Crippen molar-refractivity contribution in [2.24, 2.45) is 11.8 Å². The average Bonchev–Trinajstić information content (AvgIpc) is 3.88. The molecule has 9 aromatic carbocycles. The van der Waals surface area contributed by atoms with Gasteiger partial charge in [0.2, 0.25) is 0 Å². The lowest BCUT2D eigenvalue weighted by Gasteiger charge is -2.40. The van der Waals surface area contributed by atoms with E-state index in [0.29, 0.717) is 0 Å². The number of allylic oxidation sites excluding steroid dienone is 12. The topological polar surface area (TPSA) is 0 Å². The van der Waals surface area contributed by atoms with Crippen LogP contribution in [0.4, 0.5) is 0 Å². The van der Waals surface area contributed by atoms with Crippen LogP contribution in [0.2, 0.25) is 0 Å². The summed E-state index contributed by atoms with van der Waals surface area (Å²) in [5.41, 5.74) is 27.4. The predicted molar refractivity (Wildman–Crippen MR) is 271 cm³/mol. The van der Waals surface area contributed by atoms with Gasteiger partial charge in [-0.3, -0.25) is 0 Å². The summed E-state index contributed by atoms with van der Waals surface area (Å²) in [6.45, 7) is 0. The molecule has 0 aliphatic heterocycles. The van der Waals surface area contributed by atoms with Crippen LogP contribution in [0, 0.1) is 11.8 Å². The number of hydrogen-bond acceptors (Lipinski definition) is 0. The number of rotatable bonds is 4. The molecule has 296 valence electrons. The summed E-state index contributed by atoms with van der Waals surface area (Å²) < 4.78 is 0. The molecule has 64 heavy (non-hydrogen) atoms. The van der Waals surface area contributed by atoms with Gasteiger partial charge in [0.1, 0.15) is 0 Å². The Morgan fingerprint density at radius 2 is 0.875 bits per heavy atom. The van der Waals surface area contributed by atoms with E-state index in [-0.39, 0.29) is 11.8 Å². The van der Waals surface area contributed by atoms with Crippen molar-refractivity contribution in [3.8, 4) is 44.5 Å². The fraction of sp³-hybridized carbons (Fsp3) is 0.0625. The average molecular weight is 809 g/mol. The second-order valence-electron chi connectivity index (χ2n) is 18.4. The minimum atomic E-state index is 0.203. The molecule has 15 rings (SSSR count). The van der Waals surface area contributed by atoms with Crippen LogP contribution >= 0.6 is 0 Å². The van der Waals surface area contributed by atoms with E-state index in [1.807, 2.05) is 0 Å². The molecule has 0 spiro atoms. The maximum Gasteiger partial charge on any atom is 0.0212 e. The van der Waals surface area contributed by atoms with Crippen molar-refractivity contribution in [1.82, 2.24) is 0 Å². The van der Waals surface area contributed by atoms with Gasteiger partial charge in [-0.1, -0.05) is 194 Å². The molecule has 0 N–H and O–H groups in total. The van der Waals surface area contributed by atoms with E-state index in [0.717, 1.165) is 12.8 Å². The first kappa shape index (κ1) is 34.7. The van der Waals surface area contributed by atoms with Crippen LogP contribution in [0.1, 0.15) is 46.2 Å². The van der Waals surface area contributed by atoms with Crippen molar-refractivity contribution < 1.29 is 0 Å². The van der Waals surface area contributed by atoms with Crippen molar-refractivity contribution >= 4 is 65.8 Å². The van der Waals surface area contributed by atoms with E-state index >= 15 is 0 Å². The van der Waals surface area contributed by atoms with Crippen LogP contribution in [0.15, 0.2) is 206 Å². The normalized spacial score (nSPS) is 18.1. The van der Waals surface area contributed by atoms with Crippen LogP contribution in [0.5, 0.6) is 0 Å². The predicted octanol–water partition coefficient (Wildman–Crippen LogP) is 16.9. The molecule has 6 aliphatic rings. The Hall–Kier alpha value is -7.80. The van der Waals surface area contributed by atoms with Gasteiger partial charge in [-0.05, 0) is 169 Å². The van der Waals surface area contributed by atoms with Gasteiger partial charge >= 0.3 is 0 Å². The molecular formula is C64H40. The second-order valence-corrected chi connectivity index (χ2v) is 18.4. The Labute approximate surface area is 372 Å². The Kier molecular flexibility index (Phi) is 6.99. The van der Waals surface area contributed by atoms with Crippen molar-refractivity contribution in [2.45, 2.75) is 12.8 Å². The first-order chi connectivity index (χ1) is 31.8. The standard InChI is InChI=1S/C64H40/c1-4-15-37(16-5-1)40-21-12-22-41(35-40)42-29-30-48-50-32-34-53-61-52(33-31-49(60(50)61)47-27-13-25-45(42)58(47)48)63-56(38-17-6-2-7-18-38)55-36-54-44-24-11-10-23-43(44)46-26-14-28-51(59(46)54)62(55)57(64(53)63)39-19-8-3-9-20-39/h1-10,12-23,25-36,60-61H,11,24H2. The summed E-state index contributed by atoms with van der Waals surface area (Å²) >= 11 is 0. The zero-order chi connectivity index (χ0) is 41.6. The minimum Gasteiger partial charge on any atom is -0.0836 e. The van der Waals surface area contributed by atoms with E-state index in [4.69, 9.17) is 0 Å². The van der Waals surface area contributed by atoms with Gasteiger partial charge in [-0.15, -0.1) is 0 Å². The summed E-state index contributed by atoms with van der Waals surface area (Å²) in [4.78, 5) is 0. The van der Waals surface area contributed by atoms with Crippen LogP contribution < -0.4 is 0 Å². The molecule has 0 nitrogen and oxygen atoms in total. The second kappa shape index (κ2) is 12.9. The highest BCUT2D eigenvalue weighted by atomic mass is 14.5. The van der Waals surface area contributed by atoms with E-state index in [9.17, 15) is 0 Å². The van der Waals surface area contributed by atoms with E-state index in [1.54, 1.807) is 0 Å². The first-order valence-electron chi connectivity index (χ1n) is 23.0. The Balaban J connectivity index is 1.03. The summed E-state index contributed by atoms with van der Waals surface area (Å²) in [6.07, 6.45) is 17.0. The first-order valence-corrected chi connectivity index (χ1v) is 23.0. The maximum absolute atomic E-state index is 2.60. The van der Waals surface area contributed by atoms with Gasteiger partial charge in [-0.2, -0.15) is 0 Å². The van der Waals surface area contributed by atoms with Gasteiger partial charge in [0.25, 0.3) is 0 Å². The quantitative estimate of drug-likeness (QED) is 0.155. The highest BCUT2D eigenvalue weighted by Crippen LogP contribution is 2.66. The number of fused-ring (bicyclic) bond motifs is 9. The third-order valence-electron chi connectivity index (χ3n) is 15.4. The zero-order valence-corrected chi connectivity index (χ0v) is 35.2. The summed E-state index contributed by atoms with van der Waals surface area (Å²) in [5, 5.41) is 8.21. The van der Waals surface area contributed by atoms with E-state index in [2.05, 4.69) is 206 Å². The molecule has 0 radical (unpaired) electrons. The highest BCUT2D eigenvalue weighted by Gasteiger charge is 2.48. The van der Waals surface area contributed by atoms with E-state index < -0.39 is 0 Å². The van der Waals surface area contributed by atoms with Crippen molar-refractivity contribution in [1.29, 1.82) is 0 Å². The molecule has 0 bridgehead atoms. The zero-order valence-electron chi connectivity index (χ0n) is 35.2. The lowest BCUT2D eigenvalue weighted by atomic mass is 9.62. The van der Waals surface area contributed by atoms with Crippen LogP contribution in [-0.2, 0) is 0 Å².